The standard InChI is InChI=1S/C16H21N3O/c17-10-13-4-3-9-19(13)16(20)8-7-12-11-18-15-6-2-1-5-14(12)15/h1-2,5-6,11,13,18H,3-4,7-10,17H2. The molecule has 1 aliphatic rings. The highest BCUT2D eigenvalue weighted by atomic mass is 16.2. The molecule has 4 heteroatoms. The molecule has 1 aliphatic heterocycles. The second-order valence-electron chi connectivity index (χ2n) is 5.48. The Labute approximate surface area is 118 Å². The van der Waals surface area contributed by atoms with Crippen molar-refractivity contribution >= 4 is 16.8 Å². The fourth-order valence-electron chi connectivity index (χ4n) is 3.13. The van der Waals surface area contributed by atoms with Crippen molar-refractivity contribution in [2.45, 2.75) is 31.7 Å². The maximum atomic E-state index is 12.3. The lowest BCUT2D eigenvalue weighted by molar-refractivity contribution is -0.131. The van der Waals surface area contributed by atoms with Gasteiger partial charge in [-0.3, -0.25) is 4.79 Å². The summed E-state index contributed by atoms with van der Waals surface area (Å²) >= 11 is 0. The van der Waals surface area contributed by atoms with Crippen LogP contribution in [0.2, 0.25) is 0 Å². The molecule has 106 valence electrons. The van der Waals surface area contributed by atoms with Gasteiger partial charge in [0.05, 0.1) is 0 Å². The van der Waals surface area contributed by atoms with E-state index < -0.39 is 0 Å². The quantitative estimate of drug-likeness (QED) is 0.894. The number of carbonyl (C=O) groups excluding carboxylic acids is 1. The molecule has 2 heterocycles. The van der Waals surface area contributed by atoms with Crippen LogP contribution in [0.1, 0.15) is 24.8 Å². The van der Waals surface area contributed by atoms with E-state index in [1.165, 1.54) is 10.9 Å². The number of H-pyrrole nitrogens is 1. The van der Waals surface area contributed by atoms with Crippen LogP contribution in [0.5, 0.6) is 0 Å². The van der Waals surface area contributed by atoms with Gasteiger partial charge >= 0.3 is 0 Å². The van der Waals surface area contributed by atoms with Gasteiger partial charge in [-0.1, -0.05) is 18.2 Å². The smallest absolute Gasteiger partial charge is 0.223 e. The van der Waals surface area contributed by atoms with Gasteiger partial charge in [-0.15, -0.1) is 0 Å². The average Bonchev–Trinajstić information content (AvgIpc) is 3.11. The minimum Gasteiger partial charge on any atom is -0.361 e. The first-order chi connectivity index (χ1) is 9.79. The molecule has 1 aromatic carbocycles. The summed E-state index contributed by atoms with van der Waals surface area (Å²) in [5.74, 6) is 0.239. The summed E-state index contributed by atoms with van der Waals surface area (Å²) in [5, 5.41) is 1.22. The molecule has 0 saturated carbocycles. The van der Waals surface area contributed by atoms with Crippen LogP contribution in [-0.2, 0) is 11.2 Å². The van der Waals surface area contributed by atoms with Gasteiger partial charge in [0.25, 0.3) is 0 Å². The van der Waals surface area contributed by atoms with E-state index >= 15 is 0 Å². The summed E-state index contributed by atoms with van der Waals surface area (Å²) < 4.78 is 0. The largest absolute Gasteiger partial charge is 0.361 e. The molecule has 1 fully saturated rings. The van der Waals surface area contributed by atoms with Crippen LogP contribution < -0.4 is 5.73 Å². The number of carbonyl (C=O) groups is 1. The number of para-hydroxylation sites is 1. The number of aromatic amines is 1. The average molecular weight is 271 g/mol. The van der Waals surface area contributed by atoms with Gasteiger partial charge in [-0.2, -0.15) is 0 Å². The number of aromatic nitrogens is 1. The number of aryl methyl sites for hydroxylation is 1. The summed E-state index contributed by atoms with van der Waals surface area (Å²) in [6, 6.07) is 8.47. The SMILES string of the molecule is NCC1CCCN1C(=O)CCc1c[nH]c2ccccc12. The lowest BCUT2D eigenvalue weighted by atomic mass is 10.1. The van der Waals surface area contributed by atoms with Gasteiger partial charge in [-0.05, 0) is 30.9 Å². The molecular weight excluding hydrogens is 250 g/mol. The van der Waals surface area contributed by atoms with Crippen LogP contribution in [0.25, 0.3) is 10.9 Å². The molecule has 0 aliphatic carbocycles. The van der Waals surface area contributed by atoms with Crippen molar-refractivity contribution in [2.24, 2.45) is 5.73 Å². The highest BCUT2D eigenvalue weighted by Crippen LogP contribution is 2.21. The molecule has 0 radical (unpaired) electrons. The Balaban J connectivity index is 1.66. The number of nitrogens with one attached hydrogen (secondary N) is 1. The number of fused-ring (bicyclic) bond motifs is 1. The summed E-state index contributed by atoms with van der Waals surface area (Å²) in [4.78, 5) is 17.5. The zero-order valence-corrected chi connectivity index (χ0v) is 11.6. The molecule has 20 heavy (non-hydrogen) atoms. The van der Waals surface area contributed by atoms with Crippen molar-refractivity contribution in [3.05, 3.63) is 36.0 Å². The number of nitrogens with zero attached hydrogens (tertiary/aromatic N) is 1. The van der Waals surface area contributed by atoms with Crippen LogP contribution in [0.3, 0.4) is 0 Å². The Morgan fingerprint density at radius 2 is 2.25 bits per heavy atom. The molecular formula is C16H21N3O. The van der Waals surface area contributed by atoms with Gasteiger partial charge in [0, 0.05) is 42.7 Å². The second kappa shape index (κ2) is 5.67. The zero-order chi connectivity index (χ0) is 13.9. The molecule has 3 N–H and O–H groups in total. The van der Waals surface area contributed by atoms with Crippen LogP contribution in [0.4, 0.5) is 0 Å². The summed E-state index contributed by atoms with van der Waals surface area (Å²) in [5.41, 5.74) is 8.08. The van der Waals surface area contributed by atoms with E-state index in [9.17, 15) is 4.79 Å². The summed E-state index contributed by atoms with van der Waals surface area (Å²) in [6.45, 7) is 1.45. The van der Waals surface area contributed by atoms with Crippen molar-refractivity contribution in [3.63, 3.8) is 0 Å². The Bertz CT molecular complexity index is 605. The minimum atomic E-state index is 0.239. The first-order valence-electron chi connectivity index (χ1n) is 7.34. The van der Waals surface area contributed by atoms with Gasteiger partial charge in [0.2, 0.25) is 5.91 Å². The maximum absolute atomic E-state index is 12.3. The lowest BCUT2D eigenvalue weighted by Gasteiger charge is -2.23. The molecule has 3 rings (SSSR count). The Hall–Kier alpha value is -1.81. The topological polar surface area (TPSA) is 62.1 Å². The van der Waals surface area contributed by atoms with Gasteiger partial charge in [0.1, 0.15) is 0 Å². The number of hydrogen-bond acceptors (Lipinski definition) is 2. The van der Waals surface area contributed by atoms with Gasteiger partial charge < -0.3 is 15.6 Å². The molecule has 2 aromatic rings. The van der Waals surface area contributed by atoms with Crippen molar-refractivity contribution in [3.8, 4) is 0 Å². The van der Waals surface area contributed by atoms with Crippen LogP contribution in [0, 0.1) is 0 Å². The van der Waals surface area contributed by atoms with E-state index in [1.54, 1.807) is 0 Å². The fraction of sp³-hybridized carbons (Fsp3) is 0.438. The lowest BCUT2D eigenvalue weighted by Crippen LogP contribution is -2.39. The van der Waals surface area contributed by atoms with Gasteiger partial charge in [-0.25, -0.2) is 0 Å². The Morgan fingerprint density at radius 3 is 3.10 bits per heavy atom. The molecule has 1 atom stereocenters. The predicted octanol–water partition coefficient (Wildman–Crippen LogP) is 2.05. The second-order valence-corrected chi connectivity index (χ2v) is 5.48. The van der Waals surface area contributed by atoms with E-state index in [0.29, 0.717) is 13.0 Å². The van der Waals surface area contributed by atoms with Crippen LogP contribution in [-0.4, -0.2) is 34.9 Å². The van der Waals surface area contributed by atoms with Crippen LogP contribution >= 0.6 is 0 Å². The fourth-order valence-corrected chi connectivity index (χ4v) is 3.13. The zero-order valence-electron chi connectivity index (χ0n) is 11.6. The normalized spacial score (nSPS) is 18.9. The number of benzene rings is 1. The highest BCUT2D eigenvalue weighted by Gasteiger charge is 2.27. The van der Waals surface area contributed by atoms with Crippen molar-refractivity contribution in [1.82, 2.24) is 9.88 Å². The van der Waals surface area contributed by atoms with Gasteiger partial charge in [0.15, 0.2) is 0 Å². The van der Waals surface area contributed by atoms with E-state index in [4.69, 9.17) is 5.73 Å². The summed E-state index contributed by atoms with van der Waals surface area (Å²) in [6.07, 6.45) is 5.51. The highest BCUT2D eigenvalue weighted by molar-refractivity contribution is 5.84. The van der Waals surface area contributed by atoms with E-state index in [2.05, 4.69) is 17.1 Å². The Kier molecular flexibility index (Phi) is 3.74. The third-order valence-corrected chi connectivity index (χ3v) is 4.25. The first-order valence-corrected chi connectivity index (χ1v) is 7.34. The third-order valence-electron chi connectivity index (χ3n) is 4.25. The third kappa shape index (κ3) is 2.43. The number of likely N-dealkylation sites (tertiary alicyclic amines) is 1. The molecule has 0 bridgehead atoms. The van der Waals surface area contributed by atoms with Crippen molar-refractivity contribution in [2.75, 3.05) is 13.1 Å². The molecule has 1 unspecified atom stereocenters. The number of amides is 1. The minimum absolute atomic E-state index is 0.239. The molecule has 1 amide bonds. The predicted molar refractivity (Wildman–Crippen MR) is 80.4 cm³/mol. The van der Waals surface area contributed by atoms with Crippen LogP contribution in [0.15, 0.2) is 30.5 Å². The Morgan fingerprint density at radius 1 is 1.40 bits per heavy atom. The number of nitrogens with two attached hydrogens (primary N) is 1. The molecule has 4 nitrogen and oxygen atoms in total. The molecule has 0 spiro atoms. The van der Waals surface area contributed by atoms with Crippen molar-refractivity contribution < 1.29 is 4.79 Å². The monoisotopic (exact) mass is 271 g/mol. The van der Waals surface area contributed by atoms with Crippen molar-refractivity contribution in [1.29, 1.82) is 0 Å². The number of rotatable bonds is 4. The van der Waals surface area contributed by atoms with E-state index in [0.717, 1.165) is 31.3 Å². The molecule has 1 saturated heterocycles. The van der Waals surface area contributed by atoms with E-state index in [-0.39, 0.29) is 11.9 Å². The number of hydrogen-bond donors (Lipinski definition) is 2. The first kappa shape index (κ1) is 13.2. The van der Waals surface area contributed by atoms with E-state index in [1.807, 2.05) is 23.2 Å². The molecule has 1 aromatic heterocycles. The summed E-state index contributed by atoms with van der Waals surface area (Å²) in [7, 11) is 0. The maximum Gasteiger partial charge on any atom is 0.223 e.